The Bertz CT molecular complexity index is 2420. The van der Waals surface area contributed by atoms with Gasteiger partial charge in [-0.25, -0.2) is 10.1 Å². The summed E-state index contributed by atoms with van der Waals surface area (Å²) < 4.78 is 10.7. The quantitative estimate of drug-likeness (QED) is 0.0304. The van der Waals surface area contributed by atoms with Crippen molar-refractivity contribution in [3.05, 3.63) is 24.0 Å². The van der Waals surface area contributed by atoms with E-state index in [4.69, 9.17) is 15.2 Å². The van der Waals surface area contributed by atoms with Crippen molar-refractivity contribution in [2.24, 2.45) is 5.73 Å². The monoisotopic (exact) mass is 1250 g/mol. The Balaban J connectivity index is 1.84. The largest absolute Gasteiger partial charge is 0.480 e. The molecular formula is C55H92N16O17. The third kappa shape index (κ3) is 36.8. The molecule has 2 heterocycles. The molecule has 0 saturated carbocycles. The van der Waals surface area contributed by atoms with E-state index >= 15 is 0 Å². The second-order valence-electron chi connectivity index (χ2n) is 21.0. The molecule has 0 aliphatic heterocycles. The van der Waals surface area contributed by atoms with Crippen LogP contribution >= 0.6 is 0 Å². The van der Waals surface area contributed by atoms with Gasteiger partial charge < -0.3 is 78.0 Å². The SMILES string of the molecule is CCCC[C@H](NC(=O)[C@H](CNC(=O)CN(CC(=O)O)CC(=O)O)NC(=O)[C@H](Cc1c[nH]cn1)NC(=O)[C@H](CCC(N)=O)NC(=O)[C@H](CO)NC(=O)CNC(=O)COCCOCCNC(=O)CCCCCCCCCCCCCCCc1nnn[nH]1)C(C)=O. The van der Waals surface area contributed by atoms with E-state index in [-0.39, 0.29) is 44.3 Å². The highest BCUT2D eigenvalue weighted by molar-refractivity contribution is 5.97. The Morgan fingerprint density at radius 1 is 0.602 bits per heavy atom. The number of hydrogen-bond acceptors (Lipinski definition) is 20. The summed E-state index contributed by atoms with van der Waals surface area (Å²) in [5, 5.41) is 61.7. The number of aliphatic hydroxyl groups is 1. The van der Waals surface area contributed by atoms with Crippen molar-refractivity contribution in [1.29, 1.82) is 0 Å². The molecule has 0 fully saturated rings. The lowest BCUT2D eigenvalue weighted by Gasteiger charge is -2.27. The predicted molar refractivity (Wildman–Crippen MR) is 313 cm³/mol. The zero-order chi connectivity index (χ0) is 64.9. The van der Waals surface area contributed by atoms with Gasteiger partial charge in [0.2, 0.25) is 53.2 Å². The molecule has 2 aromatic heterocycles. The fraction of sp³-hybridized carbons (Fsp3) is 0.709. The highest BCUT2D eigenvalue weighted by atomic mass is 16.5. The fourth-order valence-electron chi connectivity index (χ4n) is 8.70. The van der Waals surface area contributed by atoms with Gasteiger partial charge >= 0.3 is 11.9 Å². The van der Waals surface area contributed by atoms with Crippen LogP contribution in [0.2, 0.25) is 0 Å². The molecule has 494 valence electrons. The zero-order valence-corrected chi connectivity index (χ0v) is 50.5. The number of carboxylic acids is 2. The van der Waals surface area contributed by atoms with Gasteiger partial charge in [0.05, 0.1) is 70.7 Å². The first-order chi connectivity index (χ1) is 42.2. The second kappa shape index (κ2) is 46.2. The molecule has 0 unspecified atom stereocenters. The van der Waals surface area contributed by atoms with Crippen LogP contribution in [-0.4, -0.2) is 224 Å². The minimum absolute atomic E-state index is 0.0134. The van der Waals surface area contributed by atoms with Gasteiger partial charge in [-0.3, -0.25) is 62.4 Å². The van der Waals surface area contributed by atoms with Gasteiger partial charge in [0, 0.05) is 45.0 Å². The molecule has 2 rings (SSSR count). The molecule has 9 amide bonds. The second-order valence-corrected chi connectivity index (χ2v) is 21.0. The van der Waals surface area contributed by atoms with Crippen LogP contribution in [0.1, 0.15) is 147 Å². The van der Waals surface area contributed by atoms with Gasteiger partial charge in [-0.2, -0.15) is 0 Å². The van der Waals surface area contributed by atoms with E-state index < -0.39 is 154 Å². The number of aryl methyl sites for hydroxylation is 1. The summed E-state index contributed by atoms with van der Waals surface area (Å²) >= 11 is 0. The molecule has 2 aromatic rings. The van der Waals surface area contributed by atoms with Crippen molar-refractivity contribution in [1.82, 2.24) is 78.0 Å². The number of rotatable bonds is 53. The van der Waals surface area contributed by atoms with Crippen LogP contribution in [0.15, 0.2) is 12.5 Å². The minimum atomic E-state index is -1.72. The number of nitrogens with one attached hydrogen (secondary N) is 10. The molecule has 0 radical (unpaired) electrons. The number of unbranched alkanes of at least 4 members (excludes halogenated alkanes) is 13. The van der Waals surface area contributed by atoms with Crippen LogP contribution in [0.4, 0.5) is 0 Å². The predicted octanol–water partition coefficient (Wildman–Crippen LogP) is -2.52. The number of hydrogen-bond donors (Lipinski definition) is 14. The number of tetrazole rings is 1. The summed E-state index contributed by atoms with van der Waals surface area (Å²) in [5.74, 6) is -10.3. The number of ketones is 1. The number of carboxylic acid groups (broad SMARTS) is 2. The first-order valence-corrected chi connectivity index (χ1v) is 29.9. The van der Waals surface area contributed by atoms with Gasteiger partial charge in [0.15, 0.2) is 5.78 Å². The molecule has 0 aliphatic rings. The maximum atomic E-state index is 14.2. The lowest BCUT2D eigenvalue weighted by atomic mass is 10.0. The lowest BCUT2D eigenvalue weighted by Crippen LogP contribution is -2.61. The maximum absolute atomic E-state index is 14.2. The number of Topliss-reactive ketones (excluding diaryl/α,β-unsaturated/α-hetero) is 1. The molecule has 0 aromatic carbocycles. The van der Waals surface area contributed by atoms with E-state index in [1.54, 1.807) is 0 Å². The Hall–Kier alpha value is -8.04. The summed E-state index contributed by atoms with van der Waals surface area (Å²) in [6, 6.07) is -7.73. The molecule has 33 heteroatoms. The molecular weight excluding hydrogens is 1160 g/mol. The maximum Gasteiger partial charge on any atom is 0.317 e. The Morgan fingerprint density at radius 3 is 1.76 bits per heavy atom. The van der Waals surface area contributed by atoms with Crippen molar-refractivity contribution >= 4 is 70.9 Å². The molecule has 0 bridgehead atoms. The normalized spacial score (nSPS) is 12.8. The number of aromatic amines is 2. The van der Waals surface area contributed by atoms with Gasteiger partial charge in [-0.15, -0.1) is 5.10 Å². The van der Waals surface area contributed by atoms with Crippen molar-refractivity contribution in [3.63, 3.8) is 0 Å². The van der Waals surface area contributed by atoms with Gasteiger partial charge in [0.1, 0.15) is 36.6 Å². The fourth-order valence-corrected chi connectivity index (χ4v) is 8.70. The Labute approximate surface area is 510 Å². The van der Waals surface area contributed by atoms with Crippen molar-refractivity contribution in [2.45, 2.75) is 179 Å². The van der Waals surface area contributed by atoms with Crippen LogP contribution < -0.4 is 48.3 Å². The van der Waals surface area contributed by atoms with E-state index in [0.29, 0.717) is 25.8 Å². The standard InChI is InChI=1S/C55H92N16O17/c1-3-4-18-39(37(2)73)63-54(85)42(29-59-48(77)31-71(32-50(79)80)33-51(81)82)66-53(84)41(27-38-28-57-36-61-38)65-52(83)40(21-22-44(56)74)64-55(86)43(34-72)62-47(76)30-60-49(78)35-88-26-25-87-24-23-58-46(75)20-17-15-13-11-9-7-5-6-8-10-12-14-16-19-45-67-69-70-68-45/h28,36,39-43,72H,3-27,29-35H2,1-2H3,(H2,56,74)(H,57,61)(H,58,75)(H,59,77)(H,60,78)(H,62,76)(H,63,85)(H,64,86)(H,65,83)(H,66,84)(H,79,80)(H,81,82)(H,67,68,69,70)/t39-,40-,41-,42-,43-/m0/s1. The zero-order valence-electron chi connectivity index (χ0n) is 50.5. The number of nitrogens with zero attached hydrogens (tertiary/aromatic N) is 5. The minimum Gasteiger partial charge on any atom is -0.480 e. The number of imidazole rings is 1. The van der Waals surface area contributed by atoms with E-state index in [9.17, 15) is 72.9 Å². The number of carbonyl (C=O) groups excluding carboxylic acids is 10. The van der Waals surface area contributed by atoms with Gasteiger partial charge in [-0.1, -0.05) is 90.4 Å². The van der Waals surface area contributed by atoms with Crippen LogP contribution in [-0.2, 0) is 79.8 Å². The van der Waals surface area contributed by atoms with Crippen molar-refractivity contribution in [2.75, 3.05) is 72.3 Å². The third-order valence-electron chi connectivity index (χ3n) is 13.4. The van der Waals surface area contributed by atoms with E-state index in [1.807, 2.05) is 6.92 Å². The van der Waals surface area contributed by atoms with Gasteiger partial charge in [0.25, 0.3) is 0 Å². The van der Waals surface area contributed by atoms with Gasteiger partial charge in [-0.05, 0) is 43.0 Å². The van der Waals surface area contributed by atoms with Crippen molar-refractivity contribution < 1.29 is 82.3 Å². The van der Waals surface area contributed by atoms with E-state index in [1.165, 1.54) is 70.8 Å². The molecule has 0 saturated heterocycles. The smallest absolute Gasteiger partial charge is 0.317 e. The number of nitrogens with two attached hydrogens (primary N) is 1. The third-order valence-corrected chi connectivity index (χ3v) is 13.4. The average molecular weight is 1250 g/mol. The summed E-state index contributed by atoms with van der Waals surface area (Å²) in [7, 11) is 0. The molecule has 15 N–H and O–H groups in total. The highest BCUT2D eigenvalue weighted by Gasteiger charge is 2.33. The van der Waals surface area contributed by atoms with E-state index in [2.05, 4.69) is 73.1 Å². The number of aromatic nitrogens is 6. The summed E-state index contributed by atoms with van der Waals surface area (Å²) in [4.78, 5) is 160. The Morgan fingerprint density at radius 2 is 1.18 bits per heavy atom. The first kappa shape index (κ1) is 76.1. The van der Waals surface area contributed by atoms with Crippen LogP contribution in [0.25, 0.3) is 0 Å². The van der Waals surface area contributed by atoms with Crippen molar-refractivity contribution in [3.8, 4) is 0 Å². The number of carbonyl (C=O) groups is 12. The topological polar surface area (TPSA) is 493 Å². The molecule has 0 spiro atoms. The van der Waals surface area contributed by atoms with Crippen LogP contribution in [0, 0.1) is 0 Å². The lowest BCUT2D eigenvalue weighted by molar-refractivity contribution is -0.142. The molecule has 5 atom stereocenters. The van der Waals surface area contributed by atoms with Crippen LogP contribution in [0.5, 0.6) is 0 Å². The molecule has 33 nitrogen and oxygen atoms in total. The number of aliphatic hydroxyl groups excluding tert-OH is 1. The average Bonchev–Trinajstić information content (AvgIpc) is 4.06. The summed E-state index contributed by atoms with van der Waals surface area (Å²) in [5.41, 5.74) is 5.55. The number of amides is 9. The van der Waals surface area contributed by atoms with Crippen LogP contribution in [0.3, 0.4) is 0 Å². The van der Waals surface area contributed by atoms with E-state index in [0.717, 1.165) is 49.2 Å². The molecule has 88 heavy (non-hydrogen) atoms. The summed E-state index contributed by atoms with van der Waals surface area (Å²) in [6.45, 7) is -1.52. The number of primary amides is 1. The molecule has 0 aliphatic carbocycles. The number of aliphatic carboxylic acids is 2. The number of H-pyrrole nitrogens is 2. The summed E-state index contributed by atoms with van der Waals surface area (Å²) in [6.07, 6.45) is 19.1. The first-order valence-electron chi connectivity index (χ1n) is 29.9. The highest BCUT2D eigenvalue weighted by Crippen LogP contribution is 2.14. The number of ether oxygens (including phenoxy) is 2. The Kier molecular flexibility index (Phi) is 39.9.